The first-order chi connectivity index (χ1) is 13.5. The molecule has 0 fully saturated rings. The lowest BCUT2D eigenvalue weighted by atomic mass is 10.1. The molecule has 1 amide bonds. The van der Waals surface area contributed by atoms with Crippen molar-refractivity contribution in [1.29, 1.82) is 5.26 Å². The van der Waals surface area contributed by atoms with E-state index < -0.39 is 18.5 Å². The predicted octanol–water partition coefficient (Wildman–Crippen LogP) is 2.09. The van der Waals surface area contributed by atoms with E-state index in [1.165, 1.54) is 0 Å². The van der Waals surface area contributed by atoms with Gasteiger partial charge in [0.15, 0.2) is 24.7 Å². The molecule has 0 spiro atoms. The Labute approximate surface area is 161 Å². The molecule has 8 heteroatoms. The minimum absolute atomic E-state index is 0.181. The number of ether oxygens (including phenoxy) is 4. The van der Waals surface area contributed by atoms with Crippen molar-refractivity contribution in [2.45, 2.75) is 13.0 Å². The summed E-state index contributed by atoms with van der Waals surface area (Å²) in [6.07, 6.45) is 0. The van der Waals surface area contributed by atoms with E-state index in [4.69, 9.17) is 24.2 Å². The number of rotatable bonds is 7. The Morgan fingerprint density at radius 1 is 1.14 bits per heavy atom. The molecule has 144 valence electrons. The minimum Gasteiger partial charge on any atom is -0.482 e. The zero-order valence-corrected chi connectivity index (χ0v) is 15.1. The number of nitrogens with zero attached hydrogens (tertiary/aromatic N) is 1. The molecular weight excluding hydrogens is 364 g/mol. The molecular formula is C20H18N2O6. The standard InChI is InChI=1S/C20H18N2O6/c1-13(15-4-7-17-18(8-15)28-12-27-17)22-19(23)10-26-20(24)11-25-16-5-2-14(9-21)3-6-16/h2-8,13H,10-12H2,1H3,(H,22,23)/t13-/m0/s1. The third-order valence-electron chi connectivity index (χ3n) is 3.98. The minimum atomic E-state index is -0.671. The summed E-state index contributed by atoms with van der Waals surface area (Å²) in [4.78, 5) is 23.7. The van der Waals surface area contributed by atoms with Crippen molar-refractivity contribution >= 4 is 11.9 Å². The lowest BCUT2D eigenvalue weighted by molar-refractivity contribution is -0.150. The highest BCUT2D eigenvalue weighted by Crippen LogP contribution is 2.34. The second-order valence-corrected chi connectivity index (χ2v) is 5.99. The van der Waals surface area contributed by atoms with Crippen molar-refractivity contribution in [1.82, 2.24) is 5.32 Å². The number of hydrogen-bond donors (Lipinski definition) is 1. The van der Waals surface area contributed by atoms with Crippen molar-refractivity contribution < 1.29 is 28.5 Å². The third-order valence-corrected chi connectivity index (χ3v) is 3.98. The second-order valence-electron chi connectivity index (χ2n) is 5.99. The van der Waals surface area contributed by atoms with Gasteiger partial charge >= 0.3 is 5.97 Å². The van der Waals surface area contributed by atoms with Gasteiger partial charge in [0.1, 0.15) is 5.75 Å². The number of nitriles is 1. The summed E-state index contributed by atoms with van der Waals surface area (Å²) in [7, 11) is 0. The molecule has 0 saturated carbocycles. The van der Waals surface area contributed by atoms with Crippen LogP contribution in [0.15, 0.2) is 42.5 Å². The van der Waals surface area contributed by atoms with Crippen LogP contribution in [0.4, 0.5) is 0 Å². The van der Waals surface area contributed by atoms with Crippen molar-refractivity contribution in [3.05, 3.63) is 53.6 Å². The molecule has 0 saturated heterocycles. The monoisotopic (exact) mass is 382 g/mol. The van der Waals surface area contributed by atoms with E-state index in [1.54, 1.807) is 36.4 Å². The number of esters is 1. The molecule has 0 radical (unpaired) electrons. The lowest BCUT2D eigenvalue weighted by Crippen LogP contribution is -2.31. The van der Waals surface area contributed by atoms with Gasteiger partial charge in [-0.2, -0.15) is 5.26 Å². The lowest BCUT2D eigenvalue weighted by Gasteiger charge is -2.15. The molecule has 3 rings (SSSR count). The fourth-order valence-corrected chi connectivity index (χ4v) is 2.50. The molecule has 2 aromatic rings. The van der Waals surface area contributed by atoms with Crippen LogP contribution in [0.2, 0.25) is 0 Å². The Morgan fingerprint density at radius 2 is 1.89 bits per heavy atom. The molecule has 1 aliphatic heterocycles. The molecule has 8 nitrogen and oxygen atoms in total. The fourth-order valence-electron chi connectivity index (χ4n) is 2.50. The highest BCUT2D eigenvalue weighted by atomic mass is 16.7. The van der Waals surface area contributed by atoms with Crippen LogP contribution >= 0.6 is 0 Å². The molecule has 28 heavy (non-hydrogen) atoms. The predicted molar refractivity (Wildman–Crippen MR) is 96.7 cm³/mol. The Morgan fingerprint density at radius 3 is 2.64 bits per heavy atom. The van der Waals surface area contributed by atoms with Crippen LogP contribution in [0.5, 0.6) is 17.2 Å². The van der Waals surface area contributed by atoms with E-state index in [-0.39, 0.29) is 19.4 Å². The molecule has 0 bridgehead atoms. The van der Waals surface area contributed by atoms with Crippen molar-refractivity contribution in [3.63, 3.8) is 0 Å². The van der Waals surface area contributed by atoms with Crippen LogP contribution in [0, 0.1) is 11.3 Å². The summed E-state index contributed by atoms with van der Waals surface area (Å²) in [5.74, 6) is 0.618. The third kappa shape index (κ3) is 4.92. The molecule has 0 unspecified atom stereocenters. The van der Waals surface area contributed by atoms with Crippen LogP contribution in [0.3, 0.4) is 0 Å². The van der Waals surface area contributed by atoms with Gasteiger partial charge in [0.2, 0.25) is 6.79 Å². The van der Waals surface area contributed by atoms with Gasteiger partial charge < -0.3 is 24.3 Å². The normalized spacial score (nSPS) is 12.6. The number of carbonyl (C=O) groups excluding carboxylic acids is 2. The second kappa shape index (κ2) is 8.77. The summed E-state index contributed by atoms with van der Waals surface area (Å²) in [5.41, 5.74) is 1.33. The zero-order chi connectivity index (χ0) is 19.9. The quantitative estimate of drug-likeness (QED) is 0.731. The molecule has 2 aromatic carbocycles. The van der Waals surface area contributed by atoms with Gasteiger partial charge in [-0.15, -0.1) is 0 Å². The highest BCUT2D eigenvalue weighted by molar-refractivity contribution is 5.81. The molecule has 0 aliphatic carbocycles. The van der Waals surface area contributed by atoms with Gasteiger partial charge in [0, 0.05) is 0 Å². The Bertz CT molecular complexity index is 904. The largest absolute Gasteiger partial charge is 0.482 e. The van der Waals surface area contributed by atoms with Crippen LogP contribution < -0.4 is 19.5 Å². The first-order valence-corrected chi connectivity index (χ1v) is 8.52. The fraction of sp³-hybridized carbons (Fsp3) is 0.250. The molecule has 1 N–H and O–H groups in total. The number of benzene rings is 2. The first-order valence-electron chi connectivity index (χ1n) is 8.52. The number of hydrogen-bond acceptors (Lipinski definition) is 7. The highest BCUT2D eigenvalue weighted by Gasteiger charge is 2.17. The topological polar surface area (TPSA) is 107 Å². The van der Waals surface area contributed by atoms with Gasteiger partial charge in [0.25, 0.3) is 5.91 Å². The Hall–Kier alpha value is -3.73. The maximum atomic E-state index is 12.0. The van der Waals surface area contributed by atoms with E-state index in [2.05, 4.69) is 5.32 Å². The van der Waals surface area contributed by atoms with Crippen LogP contribution in [0.25, 0.3) is 0 Å². The molecule has 1 atom stereocenters. The van der Waals surface area contributed by atoms with Crippen LogP contribution in [0.1, 0.15) is 24.1 Å². The summed E-state index contributed by atoms with van der Waals surface area (Å²) >= 11 is 0. The Kier molecular flexibility index (Phi) is 5.97. The smallest absolute Gasteiger partial charge is 0.344 e. The van der Waals surface area contributed by atoms with Crippen molar-refractivity contribution in [2.24, 2.45) is 0 Å². The van der Waals surface area contributed by atoms with E-state index in [9.17, 15) is 9.59 Å². The van der Waals surface area contributed by atoms with Gasteiger partial charge in [-0.1, -0.05) is 6.07 Å². The number of nitrogens with one attached hydrogen (secondary N) is 1. The summed E-state index contributed by atoms with van der Waals surface area (Å²) in [6.45, 7) is 1.24. The van der Waals surface area contributed by atoms with Crippen molar-refractivity contribution in [3.8, 4) is 23.3 Å². The van der Waals surface area contributed by atoms with Gasteiger partial charge in [0.05, 0.1) is 17.7 Å². The Balaban J connectivity index is 1.40. The summed E-state index contributed by atoms with van der Waals surface area (Å²) in [6, 6.07) is 13.4. The van der Waals surface area contributed by atoms with E-state index in [0.717, 1.165) is 5.56 Å². The average molecular weight is 382 g/mol. The molecule has 1 heterocycles. The number of fused-ring (bicyclic) bond motifs is 1. The van der Waals surface area contributed by atoms with Crippen LogP contribution in [-0.4, -0.2) is 31.9 Å². The summed E-state index contributed by atoms with van der Waals surface area (Å²) < 4.78 is 20.7. The average Bonchev–Trinajstić information content (AvgIpc) is 3.19. The van der Waals surface area contributed by atoms with Crippen LogP contribution in [-0.2, 0) is 14.3 Å². The van der Waals surface area contributed by atoms with Gasteiger partial charge in [-0.05, 0) is 48.9 Å². The maximum Gasteiger partial charge on any atom is 0.344 e. The molecule has 0 aromatic heterocycles. The van der Waals surface area contributed by atoms with Gasteiger partial charge in [-0.3, -0.25) is 4.79 Å². The van der Waals surface area contributed by atoms with E-state index in [1.807, 2.05) is 19.1 Å². The maximum absolute atomic E-state index is 12.0. The number of carbonyl (C=O) groups is 2. The summed E-state index contributed by atoms with van der Waals surface area (Å²) in [5, 5.41) is 11.5. The van der Waals surface area contributed by atoms with Gasteiger partial charge in [-0.25, -0.2) is 4.79 Å². The van der Waals surface area contributed by atoms with Crippen molar-refractivity contribution in [2.75, 3.05) is 20.0 Å². The SMILES string of the molecule is C[C@H](NC(=O)COC(=O)COc1ccc(C#N)cc1)c1ccc2c(c1)OCO2. The first kappa shape index (κ1) is 19.0. The molecule has 1 aliphatic rings. The number of amides is 1. The zero-order valence-electron chi connectivity index (χ0n) is 15.1. The van der Waals surface area contributed by atoms with E-state index >= 15 is 0 Å². The van der Waals surface area contributed by atoms with E-state index in [0.29, 0.717) is 22.8 Å².